The molecular weight excluding hydrogens is 294 g/mol. The molecule has 0 bridgehead atoms. The number of amides is 1. The fraction of sp³-hybridized carbons (Fsp3) is 0.333. The van der Waals surface area contributed by atoms with Crippen LogP contribution in [-0.2, 0) is 4.79 Å². The highest BCUT2D eigenvalue weighted by molar-refractivity contribution is 5.95. The highest BCUT2D eigenvalue weighted by Crippen LogP contribution is 2.32. The van der Waals surface area contributed by atoms with Crippen molar-refractivity contribution in [3.8, 4) is 11.5 Å². The molecule has 1 aliphatic heterocycles. The Morgan fingerprint density at radius 1 is 1.30 bits per heavy atom. The number of carbonyl (C=O) groups is 2. The maximum atomic E-state index is 11.4. The van der Waals surface area contributed by atoms with Gasteiger partial charge in [-0.2, -0.15) is 0 Å². The molecule has 23 heavy (non-hydrogen) atoms. The molecule has 2 aromatic carbocycles. The van der Waals surface area contributed by atoms with E-state index in [0.717, 1.165) is 17.1 Å². The van der Waals surface area contributed by atoms with E-state index in [4.69, 9.17) is 9.47 Å². The zero-order valence-electron chi connectivity index (χ0n) is 13.2. The number of nitrogens with one attached hydrogen (secondary N) is 1. The van der Waals surface area contributed by atoms with E-state index in [0.29, 0.717) is 30.1 Å². The lowest BCUT2D eigenvalue weighted by atomic mass is 10.0. The second-order valence-corrected chi connectivity index (χ2v) is 5.86. The van der Waals surface area contributed by atoms with Crippen LogP contribution >= 0.6 is 0 Å². The van der Waals surface area contributed by atoms with Crippen LogP contribution in [0.5, 0.6) is 11.5 Å². The van der Waals surface area contributed by atoms with E-state index in [1.54, 1.807) is 6.07 Å². The van der Waals surface area contributed by atoms with Gasteiger partial charge in [-0.1, -0.05) is 19.1 Å². The van der Waals surface area contributed by atoms with E-state index in [-0.39, 0.29) is 17.9 Å². The van der Waals surface area contributed by atoms with Crippen molar-refractivity contribution < 1.29 is 19.1 Å². The molecule has 1 amide bonds. The normalized spacial score (nSPS) is 20.3. The van der Waals surface area contributed by atoms with Crippen LogP contribution in [0.1, 0.15) is 23.7 Å². The molecule has 0 aromatic heterocycles. The number of methoxy groups -OCH3 is 1. The first-order chi connectivity index (χ1) is 11.1. The van der Waals surface area contributed by atoms with Gasteiger partial charge in [-0.15, -0.1) is 0 Å². The van der Waals surface area contributed by atoms with Crippen molar-refractivity contribution in [2.75, 3.05) is 13.7 Å². The molecular formula is C18H19NO4. The monoisotopic (exact) mass is 313 g/mol. The van der Waals surface area contributed by atoms with Gasteiger partial charge in [0.1, 0.15) is 18.1 Å². The second-order valence-electron chi connectivity index (χ2n) is 5.86. The van der Waals surface area contributed by atoms with Crippen molar-refractivity contribution >= 4 is 23.0 Å². The minimum atomic E-state index is 0.0221. The quantitative estimate of drug-likeness (QED) is 0.862. The van der Waals surface area contributed by atoms with Crippen LogP contribution in [0.3, 0.4) is 0 Å². The van der Waals surface area contributed by atoms with Gasteiger partial charge >= 0.3 is 0 Å². The van der Waals surface area contributed by atoms with Crippen molar-refractivity contribution in [3.63, 3.8) is 0 Å². The fourth-order valence-corrected chi connectivity index (χ4v) is 2.92. The van der Waals surface area contributed by atoms with Gasteiger partial charge in [-0.3, -0.25) is 9.59 Å². The van der Waals surface area contributed by atoms with Gasteiger partial charge in [0.15, 0.2) is 6.29 Å². The molecule has 1 N–H and O–H groups in total. The average molecular weight is 313 g/mol. The van der Waals surface area contributed by atoms with Crippen LogP contribution in [0, 0.1) is 5.92 Å². The molecule has 2 atom stereocenters. The van der Waals surface area contributed by atoms with Gasteiger partial charge in [0.2, 0.25) is 5.91 Å². The van der Waals surface area contributed by atoms with Crippen molar-refractivity contribution in [1.29, 1.82) is 0 Å². The summed E-state index contributed by atoms with van der Waals surface area (Å²) in [5.41, 5.74) is 0.508. The van der Waals surface area contributed by atoms with E-state index in [9.17, 15) is 9.59 Å². The molecule has 3 rings (SSSR count). The van der Waals surface area contributed by atoms with E-state index < -0.39 is 0 Å². The number of ether oxygens (including phenoxy) is 2. The predicted molar refractivity (Wildman–Crippen MR) is 87.1 cm³/mol. The summed E-state index contributed by atoms with van der Waals surface area (Å²) in [6, 6.07) is 9.31. The van der Waals surface area contributed by atoms with E-state index in [2.05, 4.69) is 5.32 Å². The third-order valence-corrected chi connectivity index (χ3v) is 4.28. The van der Waals surface area contributed by atoms with Crippen molar-refractivity contribution in [3.05, 3.63) is 35.9 Å². The van der Waals surface area contributed by atoms with E-state index >= 15 is 0 Å². The highest BCUT2D eigenvalue weighted by Gasteiger charge is 2.29. The molecule has 1 saturated heterocycles. The third-order valence-electron chi connectivity index (χ3n) is 4.28. The molecule has 0 radical (unpaired) electrons. The van der Waals surface area contributed by atoms with Gasteiger partial charge in [-0.05, 0) is 29.5 Å². The Morgan fingerprint density at radius 3 is 2.78 bits per heavy atom. The molecule has 0 saturated carbocycles. The molecule has 120 valence electrons. The molecule has 0 aliphatic carbocycles. The standard InChI is InChI=1S/C18H19NO4/c1-11-6-18(21)19-15(11)10-23-16-5-3-4-12-7-13(9-20)17(22-2)8-14(12)16/h3-5,7-9,11,15H,6,10H2,1-2H3,(H,19,21). The topological polar surface area (TPSA) is 64.6 Å². The van der Waals surface area contributed by atoms with Gasteiger partial charge in [0.25, 0.3) is 0 Å². The molecule has 5 nitrogen and oxygen atoms in total. The molecule has 2 aromatic rings. The largest absolute Gasteiger partial charge is 0.496 e. The maximum absolute atomic E-state index is 11.4. The van der Waals surface area contributed by atoms with Gasteiger partial charge in [0, 0.05) is 11.8 Å². The first kappa shape index (κ1) is 15.3. The Labute approximate surface area is 134 Å². The number of fused-ring (bicyclic) bond motifs is 1. The Bertz CT molecular complexity index is 756. The summed E-state index contributed by atoms with van der Waals surface area (Å²) in [4.78, 5) is 22.6. The van der Waals surface area contributed by atoms with Gasteiger partial charge < -0.3 is 14.8 Å². The summed E-state index contributed by atoms with van der Waals surface area (Å²) in [5.74, 6) is 1.56. The summed E-state index contributed by atoms with van der Waals surface area (Å²) in [6.07, 6.45) is 1.32. The Kier molecular flexibility index (Phi) is 4.19. The number of carbonyl (C=O) groups excluding carboxylic acids is 2. The Hall–Kier alpha value is -2.56. The summed E-state index contributed by atoms with van der Waals surface area (Å²) < 4.78 is 11.2. The minimum absolute atomic E-state index is 0.0221. The Balaban J connectivity index is 1.88. The van der Waals surface area contributed by atoms with Gasteiger partial charge in [-0.25, -0.2) is 0 Å². The summed E-state index contributed by atoms with van der Waals surface area (Å²) in [7, 11) is 1.54. The van der Waals surface area contributed by atoms with E-state index in [1.807, 2.05) is 31.2 Å². The first-order valence-corrected chi connectivity index (χ1v) is 7.60. The fourth-order valence-electron chi connectivity index (χ4n) is 2.92. The second kappa shape index (κ2) is 6.28. The average Bonchev–Trinajstić information content (AvgIpc) is 2.88. The van der Waals surface area contributed by atoms with E-state index in [1.165, 1.54) is 7.11 Å². The number of hydrogen-bond donors (Lipinski definition) is 1. The molecule has 5 heteroatoms. The number of hydrogen-bond acceptors (Lipinski definition) is 4. The van der Waals surface area contributed by atoms with Crippen LogP contribution in [0.2, 0.25) is 0 Å². The van der Waals surface area contributed by atoms with Crippen molar-refractivity contribution in [1.82, 2.24) is 5.32 Å². The molecule has 2 unspecified atom stereocenters. The molecule has 0 spiro atoms. The minimum Gasteiger partial charge on any atom is -0.496 e. The number of aldehydes is 1. The molecule has 1 fully saturated rings. The van der Waals surface area contributed by atoms with Crippen molar-refractivity contribution in [2.45, 2.75) is 19.4 Å². The summed E-state index contributed by atoms with van der Waals surface area (Å²) >= 11 is 0. The highest BCUT2D eigenvalue weighted by atomic mass is 16.5. The predicted octanol–water partition coefficient (Wildman–Crippen LogP) is 2.56. The third kappa shape index (κ3) is 2.99. The zero-order valence-corrected chi connectivity index (χ0v) is 13.2. The van der Waals surface area contributed by atoms with Crippen LogP contribution < -0.4 is 14.8 Å². The summed E-state index contributed by atoms with van der Waals surface area (Å²) in [6.45, 7) is 2.46. The van der Waals surface area contributed by atoms with Crippen molar-refractivity contribution in [2.24, 2.45) is 5.92 Å². The van der Waals surface area contributed by atoms with Crippen LogP contribution in [0.25, 0.3) is 10.8 Å². The summed E-state index contributed by atoms with van der Waals surface area (Å²) in [5, 5.41) is 4.72. The van der Waals surface area contributed by atoms with Crippen LogP contribution in [0.15, 0.2) is 30.3 Å². The maximum Gasteiger partial charge on any atom is 0.220 e. The van der Waals surface area contributed by atoms with Crippen LogP contribution in [0.4, 0.5) is 0 Å². The first-order valence-electron chi connectivity index (χ1n) is 7.60. The van der Waals surface area contributed by atoms with Gasteiger partial charge in [0.05, 0.1) is 18.7 Å². The van der Waals surface area contributed by atoms with Crippen LogP contribution in [-0.4, -0.2) is 32.0 Å². The SMILES string of the molecule is COc1cc2c(OCC3NC(=O)CC3C)cccc2cc1C=O. The Morgan fingerprint density at radius 2 is 2.13 bits per heavy atom. The smallest absolute Gasteiger partial charge is 0.220 e. The number of benzene rings is 2. The number of rotatable bonds is 5. The lowest BCUT2D eigenvalue weighted by Gasteiger charge is -2.17. The molecule has 1 aliphatic rings. The molecule has 1 heterocycles. The lowest BCUT2D eigenvalue weighted by Crippen LogP contribution is -2.34. The lowest BCUT2D eigenvalue weighted by molar-refractivity contribution is -0.119. The zero-order chi connectivity index (χ0) is 16.4.